The lowest BCUT2D eigenvalue weighted by Crippen LogP contribution is -2.31. The molecular weight excluding hydrogens is 393 g/mol. The molecule has 1 atom stereocenters. The van der Waals surface area contributed by atoms with E-state index in [9.17, 15) is 14.3 Å². The number of aromatic hydroxyl groups is 1. The van der Waals surface area contributed by atoms with E-state index >= 15 is 0 Å². The summed E-state index contributed by atoms with van der Waals surface area (Å²) < 4.78 is 14.2. The molecule has 6 heteroatoms. The number of benzene rings is 2. The van der Waals surface area contributed by atoms with Gasteiger partial charge >= 0.3 is 0 Å². The molecule has 0 radical (unpaired) electrons. The summed E-state index contributed by atoms with van der Waals surface area (Å²) in [5.74, 6) is 0.158. The van der Waals surface area contributed by atoms with Gasteiger partial charge in [-0.2, -0.15) is 0 Å². The van der Waals surface area contributed by atoms with Gasteiger partial charge in [-0.25, -0.2) is 0 Å². The Bertz CT molecular complexity index is 1140. The van der Waals surface area contributed by atoms with Crippen LogP contribution in [0.15, 0.2) is 59.5 Å². The van der Waals surface area contributed by atoms with Crippen molar-refractivity contribution in [2.24, 2.45) is 5.41 Å². The molecule has 0 bridgehead atoms. The molecule has 2 saturated heterocycles. The van der Waals surface area contributed by atoms with Gasteiger partial charge in [0.05, 0.1) is 6.67 Å². The summed E-state index contributed by atoms with van der Waals surface area (Å²) in [7, 11) is 0. The van der Waals surface area contributed by atoms with Gasteiger partial charge in [0.2, 0.25) is 0 Å². The summed E-state index contributed by atoms with van der Waals surface area (Å²) in [5, 5.41) is 11.0. The number of pyridine rings is 1. The second-order valence-corrected chi connectivity index (χ2v) is 9.02. The summed E-state index contributed by atoms with van der Waals surface area (Å²) in [6.07, 6.45) is 4.76. The van der Waals surface area contributed by atoms with E-state index in [0.717, 1.165) is 43.8 Å². The number of hydrogen-bond donors (Lipinski definition) is 1. The standard InChI is InChI=1S/C25H28FN3O2/c26-11-1-12-27-14-9-25(17-27)10-15-28(18-25)20-2-4-21(5-3-20)29-13-8-19-16-22(30)6-7-23(19)24(29)31/h2-8,13,16,30H,1,9-12,14-15,17-18H2. The molecule has 1 N–H and O–H groups in total. The molecule has 31 heavy (non-hydrogen) atoms. The number of phenols is 1. The Morgan fingerprint density at radius 1 is 0.968 bits per heavy atom. The molecule has 2 fully saturated rings. The minimum Gasteiger partial charge on any atom is -0.508 e. The molecule has 0 saturated carbocycles. The molecule has 2 aromatic carbocycles. The normalized spacial score (nSPS) is 21.5. The fourth-order valence-corrected chi connectivity index (χ4v) is 5.25. The van der Waals surface area contributed by atoms with Crippen molar-refractivity contribution in [3.05, 3.63) is 65.1 Å². The van der Waals surface area contributed by atoms with Gasteiger partial charge in [0, 0.05) is 54.6 Å². The Kier molecular flexibility index (Phi) is 5.18. The summed E-state index contributed by atoms with van der Waals surface area (Å²) >= 11 is 0. The van der Waals surface area contributed by atoms with E-state index < -0.39 is 0 Å². The van der Waals surface area contributed by atoms with Crippen molar-refractivity contribution >= 4 is 16.5 Å². The predicted molar refractivity (Wildman–Crippen MR) is 122 cm³/mol. The second-order valence-electron chi connectivity index (χ2n) is 9.02. The maximum Gasteiger partial charge on any atom is 0.262 e. The third-order valence-corrected chi connectivity index (χ3v) is 6.94. The van der Waals surface area contributed by atoms with Crippen molar-refractivity contribution in [1.29, 1.82) is 0 Å². The Balaban J connectivity index is 1.32. The Morgan fingerprint density at radius 3 is 2.55 bits per heavy atom. The predicted octanol–water partition coefficient (Wildman–Crippen LogP) is 3.96. The molecule has 1 aromatic heterocycles. The molecule has 0 amide bonds. The first kappa shape index (κ1) is 20.1. The van der Waals surface area contributed by atoms with Crippen LogP contribution in [0.25, 0.3) is 16.5 Å². The monoisotopic (exact) mass is 421 g/mol. The topological polar surface area (TPSA) is 48.7 Å². The molecule has 162 valence electrons. The lowest BCUT2D eigenvalue weighted by molar-refractivity contribution is 0.264. The van der Waals surface area contributed by atoms with Gasteiger partial charge < -0.3 is 14.9 Å². The van der Waals surface area contributed by atoms with Gasteiger partial charge in [0.15, 0.2) is 0 Å². The van der Waals surface area contributed by atoms with Crippen LogP contribution in [0.4, 0.5) is 10.1 Å². The Labute approximate surface area is 181 Å². The number of nitrogens with zero attached hydrogens (tertiary/aromatic N) is 3. The van der Waals surface area contributed by atoms with Gasteiger partial charge in [-0.1, -0.05) is 0 Å². The zero-order valence-electron chi connectivity index (χ0n) is 17.6. The van der Waals surface area contributed by atoms with Crippen LogP contribution in [0.5, 0.6) is 5.75 Å². The SMILES string of the molecule is O=c1c2ccc(O)cc2ccn1-c1ccc(N2CCC3(CCN(CCCF)C3)C2)cc1. The van der Waals surface area contributed by atoms with E-state index in [1.807, 2.05) is 18.2 Å². The van der Waals surface area contributed by atoms with Crippen LogP contribution in [0.2, 0.25) is 0 Å². The number of anilines is 1. The van der Waals surface area contributed by atoms with Gasteiger partial charge in [0.1, 0.15) is 5.75 Å². The lowest BCUT2D eigenvalue weighted by atomic mass is 9.86. The molecule has 0 aliphatic carbocycles. The summed E-state index contributed by atoms with van der Waals surface area (Å²) in [5.41, 5.74) is 2.25. The third-order valence-electron chi connectivity index (χ3n) is 6.94. The number of phenolic OH excluding ortho intramolecular Hbond substituents is 1. The van der Waals surface area contributed by atoms with Crippen LogP contribution in [0.1, 0.15) is 19.3 Å². The van der Waals surface area contributed by atoms with Crippen LogP contribution in [0, 0.1) is 5.41 Å². The molecule has 1 unspecified atom stereocenters. The zero-order chi connectivity index (χ0) is 21.4. The maximum atomic E-state index is 12.9. The summed E-state index contributed by atoms with van der Waals surface area (Å²) in [4.78, 5) is 17.8. The van der Waals surface area contributed by atoms with Crippen molar-refractivity contribution in [3.8, 4) is 11.4 Å². The van der Waals surface area contributed by atoms with E-state index in [2.05, 4.69) is 21.9 Å². The molecule has 2 aliphatic rings. The van der Waals surface area contributed by atoms with Crippen LogP contribution < -0.4 is 10.5 Å². The molecule has 2 aliphatic heterocycles. The molecule has 5 nitrogen and oxygen atoms in total. The van der Waals surface area contributed by atoms with Crippen molar-refractivity contribution < 1.29 is 9.50 Å². The molecule has 1 spiro atoms. The van der Waals surface area contributed by atoms with E-state index in [1.54, 1.807) is 29.0 Å². The maximum absolute atomic E-state index is 12.9. The summed E-state index contributed by atoms with van der Waals surface area (Å²) in [6, 6.07) is 14.8. The highest BCUT2D eigenvalue weighted by atomic mass is 19.1. The minimum absolute atomic E-state index is 0.0929. The largest absolute Gasteiger partial charge is 0.508 e. The highest BCUT2D eigenvalue weighted by molar-refractivity contribution is 5.83. The van der Waals surface area contributed by atoms with Crippen molar-refractivity contribution in [1.82, 2.24) is 9.47 Å². The van der Waals surface area contributed by atoms with Crippen molar-refractivity contribution in [2.45, 2.75) is 19.3 Å². The van der Waals surface area contributed by atoms with Crippen LogP contribution >= 0.6 is 0 Å². The van der Waals surface area contributed by atoms with Gasteiger partial charge in [-0.05, 0) is 79.7 Å². The number of hydrogen-bond acceptors (Lipinski definition) is 4. The van der Waals surface area contributed by atoms with E-state index in [-0.39, 0.29) is 18.0 Å². The minimum atomic E-state index is -0.231. The first-order valence-corrected chi connectivity index (χ1v) is 11.1. The first-order valence-electron chi connectivity index (χ1n) is 11.1. The first-order chi connectivity index (χ1) is 15.1. The van der Waals surface area contributed by atoms with Gasteiger partial charge in [-0.15, -0.1) is 0 Å². The zero-order valence-corrected chi connectivity index (χ0v) is 17.6. The highest BCUT2D eigenvalue weighted by Gasteiger charge is 2.43. The van der Waals surface area contributed by atoms with Gasteiger partial charge in [-0.3, -0.25) is 13.8 Å². The Hall–Kier alpha value is -2.86. The summed E-state index contributed by atoms with van der Waals surface area (Å²) in [6.45, 7) is 4.87. The average Bonchev–Trinajstić information content (AvgIpc) is 3.39. The quantitative estimate of drug-likeness (QED) is 0.678. The van der Waals surface area contributed by atoms with Crippen LogP contribution in [-0.2, 0) is 0 Å². The van der Waals surface area contributed by atoms with E-state index in [4.69, 9.17) is 0 Å². The van der Waals surface area contributed by atoms with E-state index in [0.29, 0.717) is 17.2 Å². The highest BCUT2D eigenvalue weighted by Crippen LogP contribution is 2.41. The fourth-order valence-electron chi connectivity index (χ4n) is 5.25. The average molecular weight is 422 g/mol. The number of rotatable bonds is 5. The fraction of sp³-hybridized carbons (Fsp3) is 0.400. The van der Waals surface area contributed by atoms with Crippen LogP contribution in [0.3, 0.4) is 0 Å². The molecule has 3 heterocycles. The lowest BCUT2D eigenvalue weighted by Gasteiger charge is -2.25. The van der Waals surface area contributed by atoms with Gasteiger partial charge in [0.25, 0.3) is 5.56 Å². The molecular formula is C25H28FN3O2. The molecule has 5 rings (SSSR count). The number of alkyl halides is 1. The third kappa shape index (κ3) is 3.81. The number of aromatic nitrogens is 1. The van der Waals surface area contributed by atoms with Crippen molar-refractivity contribution in [2.75, 3.05) is 44.3 Å². The number of halogens is 1. The van der Waals surface area contributed by atoms with E-state index in [1.165, 1.54) is 18.5 Å². The smallest absolute Gasteiger partial charge is 0.262 e. The molecule has 3 aromatic rings. The second kappa shape index (κ2) is 8.00. The number of likely N-dealkylation sites (tertiary alicyclic amines) is 1. The number of fused-ring (bicyclic) bond motifs is 1. The Morgan fingerprint density at radius 2 is 1.74 bits per heavy atom. The van der Waals surface area contributed by atoms with Crippen LogP contribution in [-0.4, -0.2) is 54.0 Å². The van der Waals surface area contributed by atoms with Crippen molar-refractivity contribution in [3.63, 3.8) is 0 Å².